The number of carbonyl (C=O) groups is 1. The zero-order valence-corrected chi connectivity index (χ0v) is 11.3. The Bertz CT molecular complexity index is 744. The molecule has 2 nitrogen and oxygen atoms in total. The van der Waals surface area contributed by atoms with Crippen LogP contribution < -0.4 is 0 Å². The summed E-state index contributed by atoms with van der Waals surface area (Å²) in [6.45, 7) is 0. The van der Waals surface area contributed by atoms with Crippen LogP contribution in [0.1, 0.15) is 16.1 Å². The molecule has 0 aliphatic heterocycles. The van der Waals surface area contributed by atoms with Gasteiger partial charge in [0, 0.05) is 21.5 Å². The molecule has 0 spiro atoms. The molecular weight excluding hydrogens is 281 g/mol. The normalized spacial score (nSPS) is 10.8. The van der Waals surface area contributed by atoms with E-state index in [2.05, 4.69) is 4.98 Å². The van der Waals surface area contributed by atoms with Crippen molar-refractivity contribution in [3.8, 4) is 0 Å². The molecule has 0 atom stereocenters. The number of rotatable bonds is 2. The number of hydrogen-bond acceptors (Lipinski definition) is 1. The Morgan fingerprint density at radius 2 is 1.79 bits per heavy atom. The molecule has 3 aromatic rings. The average Bonchev–Trinajstić information content (AvgIpc) is 2.81. The molecular formula is C15H9Cl2NO. The highest BCUT2D eigenvalue weighted by molar-refractivity contribution is 6.37. The number of para-hydroxylation sites is 1. The molecule has 19 heavy (non-hydrogen) atoms. The standard InChI is InChI=1S/C15H9Cl2NO/c16-10-5-6-11(12(17)8-10)15(19)14-7-9-3-1-2-4-13(9)18-14/h1-8,18H. The summed E-state index contributed by atoms with van der Waals surface area (Å²) in [4.78, 5) is 15.5. The third-order valence-corrected chi connectivity index (χ3v) is 3.50. The fraction of sp³-hybridized carbons (Fsp3) is 0. The highest BCUT2D eigenvalue weighted by Gasteiger charge is 2.15. The van der Waals surface area contributed by atoms with E-state index >= 15 is 0 Å². The Kier molecular flexibility index (Phi) is 3.05. The van der Waals surface area contributed by atoms with E-state index in [1.165, 1.54) is 0 Å². The smallest absolute Gasteiger partial charge is 0.210 e. The summed E-state index contributed by atoms with van der Waals surface area (Å²) in [5, 5.41) is 1.87. The average molecular weight is 290 g/mol. The van der Waals surface area contributed by atoms with E-state index in [-0.39, 0.29) is 5.78 Å². The molecule has 2 aromatic carbocycles. The van der Waals surface area contributed by atoms with Crippen LogP contribution in [-0.2, 0) is 0 Å². The lowest BCUT2D eigenvalue weighted by Gasteiger charge is -2.02. The fourth-order valence-electron chi connectivity index (χ4n) is 2.01. The summed E-state index contributed by atoms with van der Waals surface area (Å²) >= 11 is 11.9. The number of benzene rings is 2. The maximum Gasteiger partial charge on any atom is 0.210 e. The van der Waals surface area contributed by atoms with E-state index < -0.39 is 0 Å². The molecule has 3 rings (SSSR count). The minimum absolute atomic E-state index is 0.141. The summed E-state index contributed by atoms with van der Waals surface area (Å²) in [6.07, 6.45) is 0. The first kappa shape index (κ1) is 12.3. The van der Waals surface area contributed by atoms with Gasteiger partial charge in [0.05, 0.1) is 10.7 Å². The molecule has 0 unspecified atom stereocenters. The van der Waals surface area contributed by atoms with Gasteiger partial charge in [-0.2, -0.15) is 0 Å². The number of halogens is 2. The zero-order valence-electron chi connectivity index (χ0n) is 9.78. The second-order valence-corrected chi connectivity index (χ2v) is 5.07. The van der Waals surface area contributed by atoms with Gasteiger partial charge in [0.2, 0.25) is 5.78 Å². The first-order valence-corrected chi connectivity index (χ1v) is 6.48. The predicted octanol–water partition coefficient (Wildman–Crippen LogP) is 4.71. The summed E-state index contributed by atoms with van der Waals surface area (Å²) in [5.74, 6) is -0.141. The Morgan fingerprint density at radius 1 is 1.00 bits per heavy atom. The van der Waals surface area contributed by atoms with Gasteiger partial charge in [0.15, 0.2) is 0 Å². The van der Waals surface area contributed by atoms with Crippen molar-refractivity contribution in [3.63, 3.8) is 0 Å². The Balaban J connectivity index is 2.08. The SMILES string of the molecule is O=C(c1cc2ccccc2[nH]1)c1ccc(Cl)cc1Cl. The predicted molar refractivity (Wildman–Crippen MR) is 78.2 cm³/mol. The lowest BCUT2D eigenvalue weighted by molar-refractivity contribution is 0.103. The molecule has 1 aromatic heterocycles. The Morgan fingerprint density at radius 3 is 2.53 bits per heavy atom. The van der Waals surface area contributed by atoms with Crippen molar-refractivity contribution in [1.82, 2.24) is 4.98 Å². The van der Waals surface area contributed by atoms with Gasteiger partial charge in [0.25, 0.3) is 0 Å². The van der Waals surface area contributed by atoms with Crippen LogP contribution in [0, 0.1) is 0 Å². The van der Waals surface area contributed by atoms with Crippen LogP contribution >= 0.6 is 23.2 Å². The van der Waals surface area contributed by atoms with Crippen LogP contribution in [0.5, 0.6) is 0 Å². The van der Waals surface area contributed by atoms with Gasteiger partial charge in [-0.1, -0.05) is 41.4 Å². The zero-order chi connectivity index (χ0) is 13.4. The second kappa shape index (κ2) is 4.72. The van der Waals surface area contributed by atoms with E-state index in [1.807, 2.05) is 30.3 Å². The summed E-state index contributed by atoms with van der Waals surface area (Å²) in [6, 6.07) is 14.4. The number of aromatic amines is 1. The van der Waals surface area contributed by atoms with E-state index in [0.29, 0.717) is 21.3 Å². The molecule has 1 N–H and O–H groups in total. The first-order chi connectivity index (χ1) is 9.15. The maximum atomic E-state index is 12.4. The van der Waals surface area contributed by atoms with Crippen LogP contribution in [-0.4, -0.2) is 10.8 Å². The highest BCUT2D eigenvalue weighted by atomic mass is 35.5. The molecule has 0 radical (unpaired) electrons. The second-order valence-electron chi connectivity index (χ2n) is 4.22. The van der Waals surface area contributed by atoms with E-state index in [4.69, 9.17) is 23.2 Å². The molecule has 0 aliphatic rings. The molecule has 0 saturated carbocycles. The number of nitrogens with one attached hydrogen (secondary N) is 1. The fourth-order valence-corrected chi connectivity index (χ4v) is 2.51. The summed E-state index contributed by atoms with van der Waals surface area (Å²) in [5.41, 5.74) is 1.89. The van der Waals surface area contributed by atoms with Gasteiger partial charge < -0.3 is 4.98 Å². The quantitative estimate of drug-likeness (QED) is 0.681. The van der Waals surface area contributed by atoms with Gasteiger partial charge in [-0.3, -0.25) is 4.79 Å². The van der Waals surface area contributed by atoms with Gasteiger partial charge in [-0.05, 0) is 30.3 Å². The number of ketones is 1. The van der Waals surface area contributed by atoms with Crippen molar-refractivity contribution < 1.29 is 4.79 Å². The third-order valence-electron chi connectivity index (χ3n) is 2.95. The number of carbonyl (C=O) groups excluding carboxylic acids is 1. The van der Waals surface area contributed by atoms with Crippen molar-refractivity contribution in [1.29, 1.82) is 0 Å². The van der Waals surface area contributed by atoms with Crippen LogP contribution in [0.4, 0.5) is 0 Å². The molecule has 0 bridgehead atoms. The van der Waals surface area contributed by atoms with E-state index in [1.54, 1.807) is 18.2 Å². The molecule has 0 saturated heterocycles. The summed E-state index contributed by atoms with van der Waals surface area (Å²) in [7, 11) is 0. The van der Waals surface area contributed by atoms with Crippen molar-refractivity contribution in [2.45, 2.75) is 0 Å². The number of aromatic nitrogens is 1. The van der Waals surface area contributed by atoms with Crippen molar-refractivity contribution >= 4 is 39.9 Å². The highest BCUT2D eigenvalue weighted by Crippen LogP contribution is 2.24. The minimum Gasteiger partial charge on any atom is -0.352 e. The Labute approximate surface area is 120 Å². The third kappa shape index (κ3) is 2.25. The molecule has 0 fully saturated rings. The first-order valence-electron chi connectivity index (χ1n) is 5.72. The van der Waals surface area contributed by atoms with E-state index in [9.17, 15) is 4.79 Å². The molecule has 4 heteroatoms. The van der Waals surface area contributed by atoms with Gasteiger partial charge in [0.1, 0.15) is 0 Å². The van der Waals surface area contributed by atoms with Gasteiger partial charge >= 0.3 is 0 Å². The van der Waals surface area contributed by atoms with Crippen LogP contribution in [0.25, 0.3) is 10.9 Å². The number of hydrogen-bond donors (Lipinski definition) is 1. The van der Waals surface area contributed by atoms with Crippen LogP contribution in [0.15, 0.2) is 48.5 Å². The maximum absolute atomic E-state index is 12.4. The van der Waals surface area contributed by atoms with Crippen LogP contribution in [0.2, 0.25) is 10.0 Å². The molecule has 0 aliphatic carbocycles. The largest absolute Gasteiger partial charge is 0.352 e. The van der Waals surface area contributed by atoms with Crippen molar-refractivity contribution in [2.75, 3.05) is 0 Å². The summed E-state index contributed by atoms with van der Waals surface area (Å²) < 4.78 is 0. The minimum atomic E-state index is -0.141. The van der Waals surface area contributed by atoms with Crippen LogP contribution in [0.3, 0.4) is 0 Å². The number of H-pyrrole nitrogens is 1. The molecule has 1 heterocycles. The lowest BCUT2D eigenvalue weighted by Crippen LogP contribution is -2.02. The van der Waals surface area contributed by atoms with Gasteiger partial charge in [-0.15, -0.1) is 0 Å². The van der Waals surface area contributed by atoms with Crippen molar-refractivity contribution in [2.24, 2.45) is 0 Å². The Hall–Kier alpha value is -1.77. The monoisotopic (exact) mass is 289 g/mol. The van der Waals surface area contributed by atoms with Crippen molar-refractivity contribution in [3.05, 3.63) is 69.8 Å². The van der Waals surface area contributed by atoms with E-state index in [0.717, 1.165) is 10.9 Å². The number of fused-ring (bicyclic) bond motifs is 1. The lowest BCUT2D eigenvalue weighted by atomic mass is 10.1. The molecule has 0 amide bonds. The molecule has 94 valence electrons. The van der Waals surface area contributed by atoms with Gasteiger partial charge in [-0.25, -0.2) is 0 Å². The topological polar surface area (TPSA) is 32.9 Å².